The average Bonchev–Trinajstić information content (AvgIpc) is 2.61. The first-order valence-corrected chi connectivity index (χ1v) is 92.2. The van der Waals surface area contributed by atoms with Gasteiger partial charge in [0.05, 0.1) is 0 Å². The van der Waals surface area contributed by atoms with Crippen molar-refractivity contribution in [3.05, 3.63) is 0 Å². The van der Waals surface area contributed by atoms with E-state index in [4.69, 9.17) is 0 Å². The van der Waals surface area contributed by atoms with Crippen molar-refractivity contribution in [3.8, 4) is 0 Å². The summed E-state index contributed by atoms with van der Waals surface area (Å²) in [4.78, 5) is 0. The molecular weight excluding hydrogens is 1120 g/mol. The molecule has 0 unspecified atom stereocenters. The van der Waals surface area contributed by atoms with Gasteiger partial charge in [0.15, 0.2) is 0 Å². The van der Waals surface area contributed by atoms with Crippen molar-refractivity contribution < 1.29 is 0 Å². The minimum atomic E-state index is -0.832. The second-order valence-corrected chi connectivity index (χ2v) is 176. The minimum absolute atomic E-state index is 0.0255. The second kappa shape index (κ2) is 23.8. The van der Waals surface area contributed by atoms with E-state index in [0.717, 1.165) is 0 Å². The van der Waals surface area contributed by atoms with Gasteiger partial charge in [0.25, 0.3) is 0 Å². The summed E-state index contributed by atoms with van der Waals surface area (Å²) in [5.74, 6) is 0. The summed E-state index contributed by atoms with van der Waals surface area (Å²) < 4.78 is 0. The summed E-state index contributed by atoms with van der Waals surface area (Å²) in [5, 5.41) is 0. The molecule has 0 amide bonds. The van der Waals surface area contributed by atoms with Gasteiger partial charge < -0.3 is 0 Å². The van der Waals surface area contributed by atoms with Crippen molar-refractivity contribution in [1.82, 2.24) is 0 Å². The quantitative estimate of drug-likeness (QED) is 0.171. The van der Waals surface area contributed by atoms with E-state index < -0.39 is 91.1 Å². The predicted molar refractivity (Wildman–Crippen MR) is 315 cm³/mol. The zero-order chi connectivity index (χ0) is 46.3. The Morgan fingerprint density at radius 3 is 0.185 bits per heavy atom. The predicted octanol–water partition coefficient (Wildman–Crippen LogP) is 14.2. The Bertz CT molecular complexity index is 733. The van der Waals surface area contributed by atoms with E-state index >= 15 is 0 Å². The number of hydrogen-bond donors (Lipinski definition) is 0. The Balaban J connectivity index is -0.000000194. The van der Waals surface area contributed by atoms with Crippen LogP contribution in [0.2, 0.25) is 236 Å². The molecule has 54 heavy (non-hydrogen) atoms. The van der Waals surface area contributed by atoms with E-state index in [1.807, 2.05) is 0 Å². The molecule has 0 spiro atoms. The third-order valence-corrected chi connectivity index (χ3v) is 243. The van der Waals surface area contributed by atoms with Crippen LogP contribution >= 0.6 is 0 Å². The molecule has 0 aromatic heterocycles. The van der Waals surface area contributed by atoms with Gasteiger partial charge in [-0.05, 0) is 0 Å². The molecule has 0 aromatic carbocycles. The van der Waals surface area contributed by atoms with Crippen LogP contribution in [0.25, 0.3) is 0 Å². The van der Waals surface area contributed by atoms with Gasteiger partial charge in [-0.2, -0.15) is 0 Å². The van der Waals surface area contributed by atoms with Gasteiger partial charge >= 0.3 is 35.9 Å². The fourth-order valence-corrected chi connectivity index (χ4v) is 364. The van der Waals surface area contributed by atoms with E-state index in [9.17, 15) is 0 Å². The molecule has 0 aliphatic rings. The maximum atomic E-state index is 2.61. The van der Waals surface area contributed by atoms with Crippen molar-refractivity contribution >= 4 is 156 Å². The molecule has 0 aliphatic heterocycles. The van der Waals surface area contributed by atoms with Gasteiger partial charge in [-0.1, -0.05) is 236 Å². The van der Waals surface area contributed by atoms with Gasteiger partial charge in [0.2, 0.25) is 0 Å². The van der Waals surface area contributed by atoms with Crippen LogP contribution in [0.4, 0.5) is 0 Å². The average molecular weight is 1230 g/mol. The van der Waals surface area contributed by atoms with Gasteiger partial charge in [0, 0.05) is 120 Å². The molecule has 18 heteroatoms. The normalized spacial score (nSPS) is 14.7. The fourth-order valence-electron chi connectivity index (χ4n) is 13.5. The van der Waals surface area contributed by atoms with Crippen molar-refractivity contribution in [2.24, 2.45) is 0 Å². The molecule has 0 heterocycles. The van der Waals surface area contributed by atoms with Gasteiger partial charge in [-0.15, -0.1) is 0 Å². The summed E-state index contributed by atoms with van der Waals surface area (Å²) in [6, 6.07) is 0. The van der Waals surface area contributed by atoms with Gasteiger partial charge in [-0.3, -0.25) is 0 Å². The second-order valence-electron chi connectivity index (χ2n) is 28.5. The molecule has 324 valence electrons. The van der Waals surface area contributed by atoms with Crippen LogP contribution in [-0.2, 0) is 0 Å². The molecule has 0 rings (SSSR count). The van der Waals surface area contributed by atoms with Crippen molar-refractivity contribution in [1.29, 1.82) is 0 Å². The first kappa shape index (κ1) is 68.1. The first-order chi connectivity index (χ1) is 22.5. The Labute approximate surface area is 387 Å². The van der Waals surface area contributed by atoms with Gasteiger partial charge in [-0.25, -0.2) is 0 Å². The monoisotopic (exact) mass is 1230 g/mol. The topological polar surface area (TPSA) is 0 Å². The van der Waals surface area contributed by atoms with Crippen LogP contribution in [-0.4, -0.2) is 156 Å². The summed E-state index contributed by atoms with van der Waals surface area (Å²) in [7, 11) is -9.88. The first-order valence-electron chi connectivity index (χ1n) is 21.2. The third-order valence-electron chi connectivity index (χ3n) is 9.00. The van der Waals surface area contributed by atoms with Crippen LogP contribution in [0.1, 0.15) is 0 Å². The van der Waals surface area contributed by atoms with Crippen LogP contribution < -0.4 is 0 Å². The Kier molecular flexibility index (Phi) is 30.1. The molecule has 0 bridgehead atoms. The Morgan fingerprint density at radius 2 is 0.185 bits per heavy atom. The van der Waals surface area contributed by atoms with E-state index in [2.05, 4.69) is 236 Å². The zero-order valence-corrected chi connectivity index (χ0v) is 66.7. The molecular formula is C36H108Si16Sn2. The fraction of sp³-hybridized carbons (Fsp3) is 1.00. The standard InChI is InChI=1S/4C9H27Si4.2Sn/c4*1-11(2,3)10(12(4,5)6)13(7,8)9;;/h4*1-9H3;;. The van der Waals surface area contributed by atoms with E-state index in [-0.39, 0.29) is 29.4 Å². The molecule has 0 nitrogen and oxygen atoms in total. The van der Waals surface area contributed by atoms with Crippen molar-refractivity contribution in [3.63, 3.8) is 0 Å². The molecule has 0 atom stereocenters. The number of hydrogen-bond acceptors (Lipinski definition) is 0. The zero-order valence-electron chi connectivity index (χ0n) is 45.0. The van der Waals surface area contributed by atoms with Crippen LogP contribution in [0.3, 0.4) is 0 Å². The number of rotatable bonds is 12. The molecule has 0 aromatic rings. The van der Waals surface area contributed by atoms with Crippen LogP contribution in [0, 0.1) is 0 Å². The van der Waals surface area contributed by atoms with Crippen LogP contribution in [0.5, 0.6) is 0 Å². The van der Waals surface area contributed by atoms with Gasteiger partial charge in [0.1, 0.15) is 0 Å². The van der Waals surface area contributed by atoms with E-state index in [0.29, 0.717) is 0 Å². The molecule has 0 saturated heterocycles. The van der Waals surface area contributed by atoms with E-state index in [1.165, 1.54) is 0 Å². The van der Waals surface area contributed by atoms with E-state index in [1.54, 1.807) is 35.9 Å². The third kappa shape index (κ3) is 30.2. The molecule has 8 radical (unpaired) electrons. The summed E-state index contributed by atoms with van der Waals surface area (Å²) in [6.07, 6.45) is 0. The van der Waals surface area contributed by atoms with Crippen molar-refractivity contribution in [2.45, 2.75) is 236 Å². The molecule has 0 fully saturated rings. The SMILES string of the molecule is C[Si](C)(C)[Si]([Si](C)(C)C)[Si](C)(C)C.C[Si](C)(C)[Si]([Si](C)(C)C)[Si](C)(C)C.C[Si](C)(C)[Si]([Si](C)(C)C)[Si](C)(C)C.C[Si](C)(C)[Si]([Si](C)(C)C)[Si](C)(C)C.[Sn]=[Sn]. The summed E-state index contributed by atoms with van der Waals surface area (Å²) in [5.41, 5.74) is 0. The molecule has 0 N–H and O–H groups in total. The maximum absolute atomic E-state index is 2.61. The molecule has 0 saturated carbocycles. The summed E-state index contributed by atoms with van der Waals surface area (Å²) in [6.45, 7) is 93.9. The van der Waals surface area contributed by atoms with Crippen molar-refractivity contribution in [2.75, 3.05) is 0 Å². The summed E-state index contributed by atoms with van der Waals surface area (Å²) >= 11 is 3.28. The Morgan fingerprint density at radius 1 is 0.148 bits per heavy atom. The van der Waals surface area contributed by atoms with Crippen LogP contribution in [0.15, 0.2) is 0 Å². The Hall–Kier alpha value is 5.07. The molecule has 0 aliphatic carbocycles.